The van der Waals surface area contributed by atoms with E-state index in [0.717, 1.165) is 12.0 Å². The van der Waals surface area contributed by atoms with E-state index in [0.29, 0.717) is 13.2 Å². The first-order valence-electron chi connectivity index (χ1n) is 7.41. The molecule has 1 saturated heterocycles. The van der Waals surface area contributed by atoms with Gasteiger partial charge in [-0.15, -0.1) is 0 Å². The molecular weight excluding hydrogens is 301 g/mol. The van der Waals surface area contributed by atoms with E-state index < -0.39 is 5.82 Å². The lowest BCUT2D eigenvalue weighted by molar-refractivity contribution is 0.0846. The van der Waals surface area contributed by atoms with Crippen LogP contribution in [0.15, 0.2) is 30.6 Å². The molecule has 0 bridgehead atoms. The van der Waals surface area contributed by atoms with Gasteiger partial charge >= 0.3 is 0 Å². The topological polar surface area (TPSA) is 76.2 Å². The molecule has 2 heterocycles. The zero-order valence-corrected chi connectivity index (χ0v) is 12.7. The number of ether oxygens (including phenoxy) is 2. The van der Waals surface area contributed by atoms with Crippen molar-refractivity contribution >= 4 is 5.91 Å². The summed E-state index contributed by atoms with van der Waals surface area (Å²) < 4.78 is 24.2. The number of halogens is 1. The predicted molar refractivity (Wildman–Crippen MR) is 80.7 cm³/mol. The maximum Gasteiger partial charge on any atom is 0.251 e. The van der Waals surface area contributed by atoms with Crippen LogP contribution in [0.5, 0.6) is 5.75 Å². The Bertz CT molecular complexity index is 675. The van der Waals surface area contributed by atoms with Gasteiger partial charge in [-0.05, 0) is 24.6 Å². The number of hydrogen-bond donors (Lipinski definition) is 2. The highest BCUT2D eigenvalue weighted by molar-refractivity contribution is 5.94. The fourth-order valence-corrected chi connectivity index (χ4v) is 2.76. The molecule has 0 radical (unpaired) electrons. The van der Waals surface area contributed by atoms with E-state index in [1.165, 1.54) is 25.3 Å². The van der Waals surface area contributed by atoms with Crippen LogP contribution in [-0.4, -0.2) is 36.4 Å². The molecule has 1 aromatic carbocycles. The van der Waals surface area contributed by atoms with Crippen LogP contribution in [0.25, 0.3) is 0 Å². The summed E-state index contributed by atoms with van der Waals surface area (Å²) in [6.07, 6.45) is 4.29. The summed E-state index contributed by atoms with van der Waals surface area (Å²) in [5, 5.41) is 9.53. The van der Waals surface area contributed by atoms with Gasteiger partial charge in [-0.25, -0.2) is 4.39 Å². The summed E-state index contributed by atoms with van der Waals surface area (Å²) in [6.45, 7) is 1.11. The molecule has 7 heteroatoms. The average molecular weight is 319 g/mol. The number of benzene rings is 1. The van der Waals surface area contributed by atoms with E-state index in [-0.39, 0.29) is 29.2 Å². The Morgan fingerprint density at radius 3 is 3.13 bits per heavy atom. The number of nitrogens with one attached hydrogen (secondary N) is 2. The molecule has 1 aliphatic heterocycles. The van der Waals surface area contributed by atoms with Crippen molar-refractivity contribution in [3.05, 3.63) is 47.5 Å². The highest BCUT2D eigenvalue weighted by Crippen LogP contribution is 2.33. The van der Waals surface area contributed by atoms with Gasteiger partial charge in [0, 0.05) is 36.4 Å². The molecule has 23 heavy (non-hydrogen) atoms. The molecule has 0 saturated carbocycles. The normalized spacial score (nSPS) is 20.4. The average Bonchev–Trinajstić information content (AvgIpc) is 3.23. The van der Waals surface area contributed by atoms with Gasteiger partial charge in [-0.3, -0.25) is 9.89 Å². The van der Waals surface area contributed by atoms with Crippen molar-refractivity contribution in [1.29, 1.82) is 0 Å². The highest BCUT2D eigenvalue weighted by atomic mass is 19.1. The third-order valence-corrected chi connectivity index (χ3v) is 4.00. The molecule has 1 aromatic heterocycles. The number of rotatable bonds is 5. The molecule has 0 aliphatic carbocycles. The lowest BCUT2D eigenvalue weighted by Gasteiger charge is -2.17. The zero-order valence-electron chi connectivity index (χ0n) is 12.7. The first kappa shape index (κ1) is 15.5. The van der Waals surface area contributed by atoms with E-state index in [9.17, 15) is 9.18 Å². The quantitative estimate of drug-likeness (QED) is 0.884. The minimum atomic E-state index is -0.555. The maximum absolute atomic E-state index is 13.7. The number of amides is 1. The van der Waals surface area contributed by atoms with Crippen molar-refractivity contribution < 1.29 is 18.7 Å². The van der Waals surface area contributed by atoms with Gasteiger partial charge in [0.1, 0.15) is 0 Å². The number of nitrogens with zero attached hydrogens (tertiary/aromatic N) is 1. The second-order valence-electron chi connectivity index (χ2n) is 5.43. The molecule has 122 valence electrons. The number of aromatic amines is 1. The van der Waals surface area contributed by atoms with E-state index in [1.807, 2.05) is 0 Å². The van der Waals surface area contributed by atoms with Crippen LogP contribution >= 0.6 is 0 Å². The molecule has 1 fully saturated rings. The van der Waals surface area contributed by atoms with Crippen LogP contribution in [-0.2, 0) is 4.74 Å². The van der Waals surface area contributed by atoms with Gasteiger partial charge < -0.3 is 14.8 Å². The van der Waals surface area contributed by atoms with Gasteiger partial charge in [0.15, 0.2) is 11.6 Å². The van der Waals surface area contributed by atoms with Gasteiger partial charge in [0.05, 0.1) is 19.4 Å². The Morgan fingerprint density at radius 1 is 1.57 bits per heavy atom. The molecule has 0 unspecified atom stereocenters. The van der Waals surface area contributed by atoms with Crippen LogP contribution in [0.2, 0.25) is 0 Å². The summed E-state index contributed by atoms with van der Waals surface area (Å²) in [7, 11) is 1.38. The first-order valence-corrected chi connectivity index (χ1v) is 7.41. The Morgan fingerprint density at radius 2 is 2.43 bits per heavy atom. The number of carbonyl (C=O) groups excluding carboxylic acids is 1. The van der Waals surface area contributed by atoms with Crippen LogP contribution in [0, 0.1) is 11.7 Å². The van der Waals surface area contributed by atoms with Gasteiger partial charge in [-0.2, -0.15) is 5.10 Å². The van der Waals surface area contributed by atoms with Crippen molar-refractivity contribution in [3.63, 3.8) is 0 Å². The molecule has 2 atom stereocenters. The maximum atomic E-state index is 13.7. The van der Waals surface area contributed by atoms with Gasteiger partial charge in [0.25, 0.3) is 5.91 Å². The van der Waals surface area contributed by atoms with E-state index in [1.54, 1.807) is 12.4 Å². The van der Waals surface area contributed by atoms with Crippen molar-refractivity contribution in [2.45, 2.75) is 12.5 Å². The van der Waals surface area contributed by atoms with E-state index >= 15 is 0 Å². The third kappa shape index (κ3) is 3.34. The molecule has 3 rings (SSSR count). The summed E-state index contributed by atoms with van der Waals surface area (Å²) in [6, 6.07) is 4.15. The van der Waals surface area contributed by atoms with E-state index in [2.05, 4.69) is 15.5 Å². The summed E-state index contributed by atoms with van der Waals surface area (Å²) >= 11 is 0. The molecule has 6 nitrogen and oxygen atoms in total. The standard InChI is InChI=1S/C16H18FN3O3/c1-22-14-3-2-10(6-13(14)17)16(21)18-7-11-4-5-23-15(11)12-8-19-20-9-12/h2-3,6,8-9,11,15H,4-5,7H2,1H3,(H,18,21)(H,19,20)/t11-,15+/m1/s1. The fourth-order valence-electron chi connectivity index (χ4n) is 2.76. The van der Waals surface area contributed by atoms with Crippen molar-refractivity contribution in [1.82, 2.24) is 15.5 Å². The molecule has 1 aliphatic rings. The molecule has 0 spiro atoms. The Kier molecular flexibility index (Phi) is 4.57. The van der Waals surface area contributed by atoms with E-state index in [4.69, 9.17) is 9.47 Å². The van der Waals surface area contributed by atoms with Gasteiger partial charge in [-0.1, -0.05) is 0 Å². The van der Waals surface area contributed by atoms with Crippen molar-refractivity contribution in [2.75, 3.05) is 20.3 Å². The van der Waals surface area contributed by atoms with Crippen molar-refractivity contribution in [3.8, 4) is 5.75 Å². The second-order valence-corrected chi connectivity index (χ2v) is 5.43. The zero-order chi connectivity index (χ0) is 16.2. The lowest BCUT2D eigenvalue weighted by atomic mass is 9.97. The smallest absolute Gasteiger partial charge is 0.251 e. The first-order chi connectivity index (χ1) is 11.2. The van der Waals surface area contributed by atoms with Crippen LogP contribution in [0.4, 0.5) is 4.39 Å². The van der Waals surface area contributed by atoms with Crippen LogP contribution < -0.4 is 10.1 Å². The van der Waals surface area contributed by atoms with Gasteiger partial charge in [0.2, 0.25) is 0 Å². The Hall–Kier alpha value is -2.41. The number of methoxy groups -OCH3 is 1. The number of H-pyrrole nitrogens is 1. The number of carbonyl (C=O) groups is 1. The van der Waals surface area contributed by atoms with Crippen molar-refractivity contribution in [2.24, 2.45) is 5.92 Å². The highest BCUT2D eigenvalue weighted by Gasteiger charge is 2.30. The predicted octanol–water partition coefficient (Wildman–Crippen LogP) is 2.06. The molecule has 1 amide bonds. The molecular formula is C16H18FN3O3. The fraction of sp³-hybridized carbons (Fsp3) is 0.375. The number of aromatic nitrogens is 2. The molecule has 2 N–H and O–H groups in total. The number of hydrogen-bond acceptors (Lipinski definition) is 4. The Labute approximate surface area is 133 Å². The van der Waals surface area contributed by atoms with Crippen LogP contribution in [0.3, 0.4) is 0 Å². The second kappa shape index (κ2) is 6.78. The minimum absolute atomic E-state index is 0.0818. The summed E-state index contributed by atoms with van der Waals surface area (Å²) in [5.74, 6) is -0.588. The minimum Gasteiger partial charge on any atom is -0.494 e. The largest absolute Gasteiger partial charge is 0.494 e. The summed E-state index contributed by atoms with van der Waals surface area (Å²) in [4.78, 5) is 12.2. The van der Waals surface area contributed by atoms with Crippen LogP contribution in [0.1, 0.15) is 28.4 Å². The Balaban J connectivity index is 1.61. The summed E-state index contributed by atoms with van der Waals surface area (Å²) in [5.41, 5.74) is 1.24. The third-order valence-electron chi connectivity index (χ3n) is 4.00. The monoisotopic (exact) mass is 319 g/mol. The SMILES string of the molecule is COc1ccc(C(=O)NC[C@H]2CCO[C@@H]2c2cn[nH]c2)cc1F. The molecule has 2 aromatic rings. The lowest BCUT2D eigenvalue weighted by Crippen LogP contribution is -2.30.